The highest BCUT2D eigenvalue weighted by molar-refractivity contribution is 6.02. The van der Waals surface area contributed by atoms with Crippen LogP contribution in [0.1, 0.15) is 63.5 Å². The second-order valence-electron chi connectivity index (χ2n) is 10.1. The molecule has 8 heteroatoms. The summed E-state index contributed by atoms with van der Waals surface area (Å²) in [6, 6.07) is 4.64. The number of carbonyl (C=O) groups excluding carboxylic acids is 1. The molecule has 1 saturated heterocycles. The van der Waals surface area contributed by atoms with Gasteiger partial charge in [0.1, 0.15) is 11.5 Å². The maximum Gasteiger partial charge on any atom is 0.275 e. The maximum absolute atomic E-state index is 15.4. The van der Waals surface area contributed by atoms with Crippen LogP contribution in [0.5, 0.6) is 5.88 Å². The van der Waals surface area contributed by atoms with Gasteiger partial charge in [0.25, 0.3) is 5.91 Å². The summed E-state index contributed by atoms with van der Waals surface area (Å²) in [7, 11) is 1.47. The van der Waals surface area contributed by atoms with Crippen molar-refractivity contribution in [3.63, 3.8) is 0 Å². The topological polar surface area (TPSA) is 97.2 Å². The SMILES string of the molecule is CCC(CC(=N)C(C)(C)C)C1(c2cc(NC(=O)c3cnc(OC)cn3)ccc2F)COCC1C. The first-order chi connectivity index (χ1) is 16.0. The van der Waals surface area contributed by atoms with Gasteiger partial charge in [0.15, 0.2) is 0 Å². The van der Waals surface area contributed by atoms with E-state index in [4.69, 9.17) is 14.9 Å². The predicted molar refractivity (Wildman–Crippen MR) is 130 cm³/mol. The van der Waals surface area contributed by atoms with Gasteiger partial charge in [-0.1, -0.05) is 41.0 Å². The minimum Gasteiger partial charge on any atom is -0.480 e. The van der Waals surface area contributed by atoms with Gasteiger partial charge in [0.05, 0.1) is 32.7 Å². The summed E-state index contributed by atoms with van der Waals surface area (Å²) in [5.74, 6) is -0.397. The van der Waals surface area contributed by atoms with E-state index in [1.54, 1.807) is 12.1 Å². The normalized spacial score (nSPS) is 21.2. The van der Waals surface area contributed by atoms with Gasteiger partial charge in [0.2, 0.25) is 5.88 Å². The van der Waals surface area contributed by atoms with Crippen LogP contribution in [-0.2, 0) is 10.2 Å². The Kier molecular flexibility index (Phi) is 7.70. The maximum atomic E-state index is 15.4. The molecule has 0 spiro atoms. The quantitative estimate of drug-likeness (QED) is 0.513. The Morgan fingerprint density at radius 2 is 2.09 bits per heavy atom. The van der Waals surface area contributed by atoms with Gasteiger partial charge < -0.3 is 20.2 Å². The molecule has 0 radical (unpaired) electrons. The highest BCUT2D eigenvalue weighted by Gasteiger charge is 2.50. The Hall–Kier alpha value is -2.87. The van der Waals surface area contributed by atoms with E-state index in [1.807, 2.05) is 20.8 Å². The molecule has 1 amide bonds. The van der Waals surface area contributed by atoms with E-state index >= 15 is 4.39 Å². The lowest BCUT2D eigenvalue weighted by Crippen LogP contribution is -2.43. The third-order valence-corrected chi connectivity index (χ3v) is 6.96. The van der Waals surface area contributed by atoms with Gasteiger partial charge in [-0.15, -0.1) is 0 Å². The van der Waals surface area contributed by atoms with Crippen molar-refractivity contribution < 1.29 is 18.7 Å². The molecule has 2 aromatic rings. The van der Waals surface area contributed by atoms with E-state index in [9.17, 15) is 4.79 Å². The van der Waals surface area contributed by atoms with Crippen molar-refractivity contribution in [1.29, 1.82) is 5.41 Å². The Balaban J connectivity index is 1.96. The number of hydrogen-bond donors (Lipinski definition) is 2. The van der Waals surface area contributed by atoms with Crippen LogP contribution in [0.4, 0.5) is 10.1 Å². The first kappa shape index (κ1) is 25.7. The lowest BCUT2D eigenvalue weighted by atomic mass is 9.61. The number of methoxy groups -OCH3 is 1. The van der Waals surface area contributed by atoms with Crippen molar-refractivity contribution in [3.05, 3.63) is 47.7 Å². The summed E-state index contributed by atoms with van der Waals surface area (Å²) < 4.78 is 26.3. The highest BCUT2D eigenvalue weighted by atomic mass is 19.1. The molecule has 3 rings (SSSR count). The first-order valence-electron chi connectivity index (χ1n) is 11.7. The number of hydrogen-bond acceptors (Lipinski definition) is 6. The van der Waals surface area contributed by atoms with E-state index in [2.05, 4.69) is 29.1 Å². The number of ether oxygens (including phenoxy) is 2. The van der Waals surface area contributed by atoms with Crippen LogP contribution in [0.3, 0.4) is 0 Å². The third-order valence-electron chi connectivity index (χ3n) is 6.96. The minimum absolute atomic E-state index is 0.0182. The molecular weight excluding hydrogens is 435 g/mol. The second-order valence-corrected chi connectivity index (χ2v) is 10.1. The predicted octanol–water partition coefficient (Wildman–Crippen LogP) is 5.26. The number of nitrogens with one attached hydrogen (secondary N) is 2. The zero-order valence-electron chi connectivity index (χ0n) is 20.9. The average Bonchev–Trinajstić information content (AvgIpc) is 3.19. The molecule has 1 aromatic heterocycles. The number of carbonyl (C=O) groups is 1. The molecular formula is C26H35FN4O3. The fourth-order valence-electron chi connectivity index (χ4n) is 4.72. The van der Waals surface area contributed by atoms with Gasteiger partial charge in [-0.2, -0.15) is 0 Å². The third kappa shape index (κ3) is 5.12. The molecule has 2 heterocycles. The van der Waals surface area contributed by atoms with Crippen LogP contribution in [0.2, 0.25) is 0 Å². The lowest BCUT2D eigenvalue weighted by molar-refractivity contribution is 0.102. The van der Waals surface area contributed by atoms with Crippen molar-refractivity contribution in [1.82, 2.24) is 9.97 Å². The number of amides is 1. The summed E-state index contributed by atoms with van der Waals surface area (Å²) in [5, 5.41) is 11.5. The number of anilines is 1. The molecule has 1 aliphatic heterocycles. The van der Waals surface area contributed by atoms with Crippen LogP contribution in [0, 0.1) is 28.5 Å². The van der Waals surface area contributed by atoms with Crippen molar-refractivity contribution in [3.8, 4) is 5.88 Å². The first-order valence-corrected chi connectivity index (χ1v) is 11.7. The van der Waals surface area contributed by atoms with Gasteiger partial charge in [-0.25, -0.2) is 14.4 Å². The number of nitrogens with zero attached hydrogens (tertiary/aromatic N) is 2. The molecule has 1 aromatic carbocycles. The summed E-state index contributed by atoms with van der Waals surface area (Å²) >= 11 is 0. The summed E-state index contributed by atoms with van der Waals surface area (Å²) in [4.78, 5) is 20.8. The van der Waals surface area contributed by atoms with Gasteiger partial charge in [0, 0.05) is 16.8 Å². The fourth-order valence-corrected chi connectivity index (χ4v) is 4.72. The largest absolute Gasteiger partial charge is 0.480 e. The molecule has 0 bridgehead atoms. The van der Waals surface area contributed by atoms with E-state index < -0.39 is 11.3 Å². The summed E-state index contributed by atoms with van der Waals surface area (Å²) in [5.41, 5.74) is 0.898. The molecule has 7 nitrogen and oxygen atoms in total. The Morgan fingerprint density at radius 1 is 1.35 bits per heavy atom. The molecule has 34 heavy (non-hydrogen) atoms. The van der Waals surface area contributed by atoms with Crippen LogP contribution in [0.15, 0.2) is 30.6 Å². The molecule has 1 aliphatic rings. The Bertz CT molecular complexity index is 1040. The molecule has 3 atom stereocenters. The smallest absolute Gasteiger partial charge is 0.275 e. The fraction of sp³-hybridized carbons (Fsp3) is 0.538. The standard InChI is InChI=1S/C26H35FN4O3/c1-7-17(10-22(28)25(3,4)5)26(15-34-14-16(26)2)19-11-18(8-9-20(19)27)31-24(32)21-12-30-23(33-6)13-29-21/h8-9,11-13,16-17,28H,7,10,14-15H2,1-6H3,(H,31,32). The van der Waals surface area contributed by atoms with Crippen LogP contribution in [-0.4, -0.2) is 41.9 Å². The van der Waals surface area contributed by atoms with E-state index in [1.165, 1.54) is 25.6 Å². The van der Waals surface area contributed by atoms with Gasteiger partial charge >= 0.3 is 0 Å². The molecule has 184 valence electrons. The lowest BCUT2D eigenvalue weighted by Gasteiger charge is -2.41. The Labute approximate surface area is 201 Å². The summed E-state index contributed by atoms with van der Waals surface area (Å²) in [6.45, 7) is 11.2. The molecule has 0 saturated carbocycles. The van der Waals surface area contributed by atoms with Gasteiger partial charge in [-0.3, -0.25) is 4.79 Å². The van der Waals surface area contributed by atoms with E-state index in [0.717, 1.165) is 6.42 Å². The van der Waals surface area contributed by atoms with E-state index in [-0.39, 0.29) is 28.8 Å². The Morgan fingerprint density at radius 3 is 2.62 bits per heavy atom. The molecule has 2 N–H and O–H groups in total. The number of halogens is 1. The minimum atomic E-state index is -0.600. The van der Waals surface area contributed by atoms with Crippen LogP contribution < -0.4 is 10.1 Å². The van der Waals surface area contributed by atoms with Crippen molar-refractivity contribution in [2.24, 2.45) is 17.3 Å². The molecule has 0 aliphatic carbocycles. The van der Waals surface area contributed by atoms with Gasteiger partial charge in [-0.05, 0) is 47.4 Å². The summed E-state index contributed by atoms with van der Waals surface area (Å²) in [6.07, 6.45) is 4.04. The highest BCUT2D eigenvalue weighted by Crippen LogP contribution is 2.49. The van der Waals surface area contributed by atoms with E-state index in [0.29, 0.717) is 42.5 Å². The average molecular weight is 471 g/mol. The zero-order valence-corrected chi connectivity index (χ0v) is 20.9. The number of aromatic nitrogens is 2. The zero-order chi connectivity index (χ0) is 25.1. The van der Waals surface area contributed by atoms with Crippen LogP contribution >= 0.6 is 0 Å². The monoisotopic (exact) mass is 470 g/mol. The van der Waals surface area contributed by atoms with Crippen LogP contribution in [0.25, 0.3) is 0 Å². The molecule has 3 unspecified atom stereocenters. The number of benzene rings is 1. The number of rotatable bonds is 8. The molecule has 1 fully saturated rings. The van der Waals surface area contributed by atoms with Crippen molar-refractivity contribution >= 4 is 17.3 Å². The van der Waals surface area contributed by atoms with Crippen molar-refractivity contribution in [2.45, 2.75) is 52.9 Å². The second kappa shape index (κ2) is 10.2. The van der Waals surface area contributed by atoms with Crippen molar-refractivity contribution in [2.75, 3.05) is 25.6 Å².